The summed E-state index contributed by atoms with van der Waals surface area (Å²) in [6.45, 7) is 0.139. The van der Waals surface area contributed by atoms with E-state index in [4.69, 9.17) is 0 Å². The lowest BCUT2D eigenvalue weighted by Gasteiger charge is -2.07. The molecule has 0 aliphatic carbocycles. The van der Waals surface area contributed by atoms with Crippen LogP contribution in [0, 0.1) is 0 Å². The molecule has 0 fully saturated rings. The van der Waals surface area contributed by atoms with Crippen molar-refractivity contribution in [3.63, 3.8) is 0 Å². The number of hydrogen-bond donors (Lipinski definition) is 2. The standard InChI is InChI=1S/C11H15N5O2S/c1-12-10-4-3-9(7-14-10)19(17,18)15-8-11-13-5-6-16(11)2/h3-7,15H,8H2,1-2H3,(H,12,14). The van der Waals surface area contributed by atoms with Crippen molar-refractivity contribution >= 4 is 15.8 Å². The predicted octanol–water partition coefficient (Wildman–Crippen LogP) is 0.335. The van der Waals surface area contributed by atoms with Gasteiger partial charge in [0.05, 0.1) is 6.54 Å². The molecule has 8 heteroatoms. The third-order valence-electron chi connectivity index (χ3n) is 2.64. The summed E-state index contributed by atoms with van der Waals surface area (Å²) in [5.74, 6) is 1.26. The van der Waals surface area contributed by atoms with Crippen LogP contribution in [0.1, 0.15) is 5.82 Å². The molecule has 2 N–H and O–H groups in total. The van der Waals surface area contributed by atoms with Crippen LogP contribution >= 0.6 is 0 Å². The van der Waals surface area contributed by atoms with E-state index in [1.807, 2.05) is 0 Å². The van der Waals surface area contributed by atoms with Gasteiger partial charge < -0.3 is 9.88 Å². The second-order valence-electron chi connectivity index (χ2n) is 3.91. The molecule has 0 bridgehead atoms. The van der Waals surface area contributed by atoms with Crippen LogP contribution in [-0.2, 0) is 23.6 Å². The van der Waals surface area contributed by atoms with Gasteiger partial charge in [-0.05, 0) is 12.1 Å². The Morgan fingerprint density at radius 2 is 2.11 bits per heavy atom. The molecule has 0 aliphatic heterocycles. The Kier molecular flexibility index (Phi) is 3.82. The highest BCUT2D eigenvalue weighted by Gasteiger charge is 2.15. The van der Waals surface area contributed by atoms with E-state index in [9.17, 15) is 8.42 Å². The van der Waals surface area contributed by atoms with Gasteiger partial charge in [0.1, 0.15) is 16.5 Å². The second kappa shape index (κ2) is 5.37. The zero-order chi connectivity index (χ0) is 13.9. The van der Waals surface area contributed by atoms with E-state index in [2.05, 4.69) is 20.0 Å². The third-order valence-corrected chi connectivity index (χ3v) is 4.03. The minimum atomic E-state index is -3.57. The number of anilines is 1. The summed E-state index contributed by atoms with van der Waals surface area (Å²) in [5.41, 5.74) is 0. The molecule has 0 saturated heterocycles. The van der Waals surface area contributed by atoms with Crippen molar-refractivity contribution in [3.05, 3.63) is 36.5 Å². The number of nitrogens with zero attached hydrogens (tertiary/aromatic N) is 3. The highest BCUT2D eigenvalue weighted by Crippen LogP contribution is 2.10. The fraction of sp³-hybridized carbons (Fsp3) is 0.273. The third kappa shape index (κ3) is 3.09. The first-order chi connectivity index (χ1) is 9.03. The van der Waals surface area contributed by atoms with Crippen molar-refractivity contribution in [2.45, 2.75) is 11.4 Å². The van der Waals surface area contributed by atoms with E-state index in [1.54, 1.807) is 37.1 Å². The van der Waals surface area contributed by atoms with E-state index in [-0.39, 0.29) is 11.4 Å². The van der Waals surface area contributed by atoms with Crippen LogP contribution in [-0.4, -0.2) is 30.0 Å². The molecule has 102 valence electrons. The molecule has 0 unspecified atom stereocenters. The number of imidazole rings is 1. The molecule has 0 radical (unpaired) electrons. The molecule has 0 atom stereocenters. The second-order valence-corrected chi connectivity index (χ2v) is 5.68. The zero-order valence-corrected chi connectivity index (χ0v) is 11.5. The number of sulfonamides is 1. The van der Waals surface area contributed by atoms with Gasteiger partial charge in [0.25, 0.3) is 0 Å². The highest BCUT2D eigenvalue weighted by atomic mass is 32.2. The number of nitrogens with one attached hydrogen (secondary N) is 2. The fourth-order valence-electron chi connectivity index (χ4n) is 1.50. The summed E-state index contributed by atoms with van der Waals surface area (Å²) in [7, 11) is -0.0482. The quantitative estimate of drug-likeness (QED) is 0.824. The van der Waals surface area contributed by atoms with E-state index in [1.165, 1.54) is 12.3 Å². The van der Waals surface area contributed by atoms with Gasteiger partial charge in [0, 0.05) is 32.7 Å². The smallest absolute Gasteiger partial charge is 0.242 e. The molecular weight excluding hydrogens is 266 g/mol. The molecule has 19 heavy (non-hydrogen) atoms. The van der Waals surface area contributed by atoms with Crippen molar-refractivity contribution in [2.24, 2.45) is 7.05 Å². The first-order valence-electron chi connectivity index (χ1n) is 5.62. The van der Waals surface area contributed by atoms with E-state index in [0.29, 0.717) is 11.6 Å². The van der Waals surface area contributed by atoms with Gasteiger partial charge in [-0.25, -0.2) is 23.1 Å². The number of aromatic nitrogens is 3. The molecule has 0 aromatic carbocycles. The lowest BCUT2D eigenvalue weighted by molar-refractivity contribution is 0.577. The molecule has 0 amide bonds. The normalized spacial score (nSPS) is 11.5. The van der Waals surface area contributed by atoms with Gasteiger partial charge in [-0.15, -0.1) is 0 Å². The molecule has 0 aliphatic rings. The van der Waals surface area contributed by atoms with Crippen LogP contribution in [0.5, 0.6) is 0 Å². The van der Waals surface area contributed by atoms with Crippen molar-refractivity contribution < 1.29 is 8.42 Å². The Bertz CT molecular complexity index is 648. The Labute approximate surface area is 111 Å². The molecule has 0 spiro atoms. The van der Waals surface area contributed by atoms with Crippen LogP contribution in [0.25, 0.3) is 0 Å². The van der Waals surface area contributed by atoms with Crippen molar-refractivity contribution in [2.75, 3.05) is 12.4 Å². The summed E-state index contributed by atoms with van der Waals surface area (Å²) >= 11 is 0. The highest BCUT2D eigenvalue weighted by molar-refractivity contribution is 7.89. The maximum atomic E-state index is 12.0. The van der Waals surface area contributed by atoms with Gasteiger partial charge in [-0.1, -0.05) is 0 Å². The summed E-state index contributed by atoms with van der Waals surface area (Å²) in [6.07, 6.45) is 4.69. The van der Waals surface area contributed by atoms with Gasteiger partial charge >= 0.3 is 0 Å². The Morgan fingerprint density at radius 3 is 2.63 bits per heavy atom. The summed E-state index contributed by atoms with van der Waals surface area (Å²) in [6, 6.07) is 3.11. The van der Waals surface area contributed by atoms with Gasteiger partial charge in [-0.2, -0.15) is 0 Å². The van der Waals surface area contributed by atoms with Gasteiger partial charge in [0.2, 0.25) is 10.0 Å². The van der Waals surface area contributed by atoms with Crippen molar-refractivity contribution in [1.29, 1.82) is 0 Å². The molecule has 7 nitrogen and oxygen atoms in total. The Hall–Kier alpha value is -1.93. The van der Waals surface area contributed by atoms with E-state index in [0.717, 1.165) is 0 Å². The Balaban J connectivity index is 2.11. The van der Waals surface area contributed by atoms with Crippen LogP contribution in [0.4, 0.5) is 5.82 Å². The van der Waals surface area contributed by atoms with Crippen LogP contribution in [0.15, 0.2) is 35.6 Å². The minimum Gasteiger partial charge on any atom is -0.373 e. The average Bonchev–Trinajstić information content (AvgIpc) is 2.82. The van der Waals surface area contributed by atoms with Crippen LogP contribution in [0.3, 0.4) is 0 Å². The van der Waals surface area contributed by atoms with Gasteiger partial charge in [-0.3, -0.25) is 0 Å². The predicted molar refractivity (Wildman–Crippen MR) is 71.0 cm³/mol. The minimum absolute atomic E-state index is 0.126. The molecule has 2 heterocycles. The maximum Gasteiger partial charge on any atom is 0.242 e. The lowest BCUT2D eigenvalue weighted by Crippen LogP contribution is -2.24. The largest absolute Gasteiger partial charge is 0.373 e. The molecule has 2 rings (SSSR count). The van der Waals surface area contributed by atoms with Crippen molar-refractivity contribution in [1.82, 2.24) is 19.3 Å². The Morgan fingerprint density at radius 1 is 1.32 bits per heavy atom. The topological polar surface area (TPSA) is 88.9 Å². The summed E-state index contributed by atoms with van der Waals surface area (Å²) in [4.78, 5) is 8.15. The monoisotopic (exact) mass is 281 g/mol. The molecule has 2 aromatic rings. The number of rotatable bonds is 5. The SMILES string of the molecule is CNc1ccc(S(=O)(=O)NCc2nccn2C)cn1. The van der Waals surface area contributed by atoms with Crippen molar-refractivity contribution in [3.8, 4) is 0 Å². The van der Waals surface area contributed by atoms with Gasteiger partial charge in [0.15, 0.2) is 0 Å². The number of aryl methyl sites for hydroxylation is 1. The number of pyridine rings is 1. The van der Waals surface area contributed by atoms with Crippen LogP contribution in [0.2, 0.25) is 0 Å². The van der Waals surface area contributed by atoms with Crippen LogP contribution < -0.4 is 10.0 Å². The first-order valence-corrected chi connectivity index (χ1v) is 7.11. The first kappa shape index (κ1) is 13.5. The molecule has 0 saturated carbocycles. The average molecular weight is 281 g/mol. The fourth-order valence-corrected chi connectivity index (χ4v) is 2.42. The zero-order valence-electron chi connectivity index (χ0n) is 10.7. The lowest BCUT2D eigenvalue weighted by atomic mass is 10.5. The number of hydrogen-bond acceptors (Lipinski definition) is 5. The van der Waals surface area contributed by atoms with E-state index >= 15 is 0 Å². The maximum absolute atomic E-state index is 12.0. The summed E-state index contributed by atoms with van der Waals surface area (Å²) in [5, 5.41) is 2.83. The molecule has 2 aromatic heterocycles. The summed E-state index contributed by atoms with van der Waals surface area (Å²) < 4.78 is 28.3. The van der Waals surface area contributed by atoms with E-state index < -0.39 is 10.0 Å². The molecular formula is C11H15N5O2S.